The molecule has 0 spiro atoms. The number of hydrogen-bond donors (Lipinski definition) is 1. The van der Waals surface area contributed by atoms with Crippen LogP contribution in [0.3, 0.4) is 0 Å². The van der Waals surface area contributed by atoms with Crippen molar-refractivity contribution in [1.29, 1.82) is 5.26 Å². The number of ether oxygens (including phenoxy) is 2. The molecule has 1 N–H and O–H groups in total. The SMILES string of the molecule is COc1ccc(Br)c(C(O)/C=C(\Oc2ccccc2C#N)c2ccc(C)cc2)c1. The van der Waals surface area contributed by atoms with Crippen LogP contribution in [-0.2, 0) is 0 Å². The molecule has 0 aliphatic rings. The second kappa shape index (κ2) is 9.42. The number of para-hydroxylation sites is 1. The van der Waals surface area contributed by atoms with Crippen molar-refractivity contribution in [3.05, 3.63) is 99.5 Å². The van der Waals surface area contributed by atoms with Gasteiger partial charge in [-0.25, -0.2) is 0 Å². The second-order valence-electron chi connectivity index (χ2n) is 6.44. The largest absolute Gasteiger partial charge is 0.497 e. The first-order valence-electron chi connectivity index (χ1n) is 8.99. The Kier molecular flexibility index (Phi) is 6.71. The third-order valence-corrected chi connectivity index (χ3v) is 5.12. The lowest BCUT2D eigenvalue weighted by Crippen LogP contribution is -2.02. The Bertz CT molecular complexity index is 1070. The van der Waals surface area contributed by atoms with Crippen molar-refractivity contribution < 1.29 is 14.6 Å². The van der Waals surface area contributed by atoms with Crippen LogP contribution in [0, 0.1) is 18.3 Å². The van der Waals surface area contributed by atoms with Gasteiger partial charge in [-0.2, -0.15) is 5.26 Å². The van der Waals surface area contributed by atoms with Crippen LogP contribution in [0.2, 0.25) is 0 Å². The van der Waals surface area contributed by atoms with Crippen LogP contribution in [-0.4, -0.2) is 12.2 Å². The number of nitrogens with zero attached hydrogens (tertiary/aromatic N) is 1. The Labute approximate surface area is 178 Å². The molecule has 0 aliphatic carbocycles. The molecule has 3 rings (SSSR count). The number of benzene rings is 3. The van der Waals surface area contributed by atoms with Crippen LogP contribution < -0.4 is 9.47 Å². The van der Waals surface area contributed by atoms with Gasteiger partial charge < -0.3 is 14.6 Å². The van der Waals surface area contributed by atoms with Gasteiger partial charge in [-0.15, -0.1) is 0 Å². The summed E-state index contributed by atoms with van der Waals surface area (Å²) in [7, 11) is 1.58. The van der Waals surface area contributed by atoms with Gasteiger partial charge in [0.15, 0.2) is 0 Å². The van der Waals surface area contributed by atoms with E-state index < -0.39 is 6.10 Å². The van der Waals surface area contributed by atoms with Crippen molar-refractivity contribution in [3.63, 3.8) is 0 Å². The number of aryl methyl sites for hydroxylation is 1. The van der Waals surface area contributed by atoms with Gasteiger partial charge in [0, 0.05) is 15.6 Å². The van der Waals surface area contributed by atoms with E-state index in [0.29, 0.717) is 28.4 Å². The molecule has 0 heterocycles. The van der Waals surface area contributed by atoms with Crippen molar-refractivity contribution in [3.8, 4) is 17.6 Å². The molecular formula is C24H20BrNO3. The van der Waals surface area contributed by atoms with Crippen LogP contribution in [0.1, 0.15) is 28.4 Å². The second-order valence-corrected chi connectivity index (χ2v) is 7.29. The van der Waals surface area contributed by atoms with Gasteiger partial charge >= 0.3 is 0 Å². The molecule has 3 aromatic carbocycles. The zero-order valence-corrected chi connectivity index (χ0v) is 17.7. The standard InChI is InChI=1S/C24H20BrNO3/c1-16-7-9-17(10-8-16)24(29-23-6-4-3-5-18(23)15-26)14-22(27)20-13-19(28-2)11-12-21(20)25/h3-14,22,27H,1-2H3/b24-14-. The van der Waals surface area contributed by atoms with E-state index in [9.17, 15) is 10.4 Å². The van der Waals surface area contributed by atoms with E-state index in [0.717, 1.165) is 15.6 Å². The average Bonchev–Trinajstić information content (AvgIpc) is 2.74. The lowest BCUT2D eigenvalue weighted by Gasteiger charge is -2.16. The Morgan fingerprint density at radius 3 is 2.52 bits per heavy atom. The van der Waals surface area contributed by atoms with Crippen molar-refractivity contribution in [2.45, 2.75) is 13.0 Å². The summed E-state index contributed by atoms with van der Waals surface area (Å²) in [5.74, 6) is 1.52. The molecular weight excluding hydrogens is 430 g/mol. The first-order valence-corrected chi connectivity index (χ1v) is 9.78. The van der Waals surface area contributed by atoms with Crippen LogP contribution >= 0.6 is 15.9 Å². The Morgan fingerprint density at radius 1 is 1.10 bits per heavy atom. The Morgan fingerprint density at radius 2 is 1.83 bits per heavy atom. The number of aliphatic hydroxyl groups is 1. The third-order valence-electron chi connectivity index (χ3n) is 4.39. The molecule has 0 fully saturated rings. The molecule has 0 aliphatic heterocycles. The van der Waals surface area contributed by atoms with Crippen molar-refractivity contribution in [1.82, 2.24) is 0 Å². The van der Waals surface area contributed by atoms with E-state index >= 15 is 0 Å². The molecule has 0 radical (unpaired) electrons. The monoisotopic (exact) mass is 449 g/mol. The molecule has 146 valence electrons. The van der Waals surface area contributed by atoms with Crippen molar-refractivity contribution >= 4 is 21.7 Å². The lowest BCUT2D eigenvalue weighted by molar-refractivity contribution is 0.226. The third kappa shape index (κ3) is 5.05. The van der Waals surface area contributed by atoms with E-state index in [-0.39, 0.29) is 0 Å². The summed E-state index contributed by atoms with van der Waals surface area (Å²) in [5, 5.41) is 20.3. The minimum absolute atomic E-state index is 0.419. The van der Waals surface area contributed by atoms with Gasteiger partial charge in [-0.05, 0) is 43.3 Å². The fraction of sp³-hybridized carbons (Fsp3) is 0.125. The minimum atomic E-state index is -0.954. The highest BCUT2D eigenvalue weighted by molar-refractivity contribution is 9.10. The van der Waals surface area contributed by atoms with Crippen LogP contribution in [0.25, 0.3) is 5.76 Å². The number of rotatable bonds is 6. The van der Waals surface area contributed by atoms with Gasteiger partial charge in [0.1, 0.15) is 29.4 Å². The first kappa shape index (κ1) is 20.7. The molecule has 3 aromatic rings. The summed E-state index contributed by atoms with van der Waals surface area (Å²) in [6.45, 7) is 2.00. The molecule has 0 amide bonds. The summed E-state index contributed by atoms with van der Waals surface area (Å²) >= 11 is 3.48. The fourth-order valence-electron chi connectivity index (χ4n) is 2.78. The fourth-order valence-corrected chi connectivity index (χ4v) is 3.26. The van der Waals surface area contributed by atoms with Crippen LogP contribution in [0.4, 0.5) is 0 Å². The number of methoxy groups -OCH3 is 1. The summed E-state index contributed by atoms with van der Waals surface area (Å²) < 4.78 is 12.1. The Hall–Kier alpha value is -3.07. The van der Waals surface area contributed by atoms with Gasteiger partial charge in [-0.3, -0.25) is 0 Å². The van der Waals surface area contributed by atoms with E-state index in [1.807, 2.05) is 43.3 Å². The minimum Gasteiger partial charge on any atom is -0.497 e. The predicted octanol–water partition coefficient (Wildman–Crippen LogP) is 5.79. The number of halogens is 1. The molecule has 0 bridgehead atoms. The zero-order chi connectivity index (χ0) is 20.8. The van der Waals surface area contributed by atoms with Crippen molar-refractivity contribution in [2.24, 2.45) is 0 Å². The number of hydrogen-bond acceptors (Lipinski definition) is 4. The zero-order valence-electron chi connectivity index (χ0n) is 16.1. The van der Waals surface area contributed by atoms with Gasteiger partial charge in [0.25, 0.3) is 0 Å². The molecule has 0 saturated heterocycles. The molecule has 29 heavy (non-hydrogen) atoms. The lowest BCUT2D eigenvalue weighted by atomic mass is 10.0. The maximum Gasteiger partial charge on any atom is 0.145 e. The number of aliphatic hydroxyl groups excluding tert-OH is 1. The average molecular weight is 450 g/mol. The molecule has 0 saturated carbocycles. The van der Waals surface area contributed by atoms with E-state index in [4.69, 9.17) is 9.47 Å². The van der Waals surface area contributed by atoms with E-state index in [1.165, 1.54) is 0 Å². The molecule has 4 nitrogen and oxygen atoms in total. The summed E-state index contributed by atoms with van der Waals surface area (Å²) in [5.41, 5.74) is 2.97. The highest BCUT2D eigenvalue weighted by Crippen LogP contribution is 2.32. The van der Waals surface area contributed by atoms with E-state index in [2.05, 4.69) is 22.0 Å². The number of nitriles is 1. The normalized spacial score (nSPS) is 12.2. The molecule has 1 unspecified atom stereocenters. The highest BCUT2D eigenvalue weighted by atomic mass is 79.9. The molecule has 1 atom stereocenters. The summed E-state index contributed by atoms with van der Waals surface area (Å²) in [4.78, 5) is 0. The maximum atomic E-state index is 10.9. The highest BCUT2D eigenvalue weighted by Gasteiger charge is 2.15. The van der Waals surface area contributed by atoms with Gasteiger partial charge in [0.2, 0.25) is 0 Å². The predicted molar refractivity (Wildman–Crippen MR) is 117 cm³/mol. The summed E-state index contributed by atoms with van der Waals surface area (Å²) in [6, 6.07) is 22.3. The van der Waals surface area contributed by atoms with Crippen LogP contribution in [0.5, 0.6) is 11.5 Å². The smallest absolute Gasteiger partial charge is 0.145 e. The summed E-state index contributed by atoms with van der Waals surface area (Å²) in [6.07, 6.45) is 0.670. The topological polar surface area (TPSA) is 62.5 Å². The van der Waals surface area contributed by atoms with E-state index in [1.54, 1.807) is 43.5 Å². The molecule has 0 aromatic heterocycles. The van der Waals surface area contributed by atoms with Gasteiger partial charge in [0.05, 0.1) is 12.7 Å². The first-order chi connectivity index (χ1) is 14.0. The maximum absolute atomic E-state index is 10.9. The van der Waals surface area contributed by atoms with Gasteiger partial charge in [-0.1, -0.05) is 57.9 Å². The van der Waals surface area contributed by atoms with Crippen molar-refractivity contribution in [2.75, 3.05) is 7.11 Å². The molecule has 5 heteroatoms. The quantitative estimate of drug-likeness (QED) is 0.483. The van der Waals surface area contributed by atoms with Crippen LogP contribution in [0.15, 0.2) is 77.3 Å². The Balaban J connectivity index is 2.05.